The first-order valence-electron chi connectivity index (χ1n) is 13.1. The molecule has 1 aliphatic heterocycles. The van der Waals surface area contributed by atoms with E-state index in [0.29, 0.717) is 16.9 Å². The van der Waals surface area contributed by atoms with E-state index in [4.69, 9.17) is 9.47 Å². The molecule has 4 aromatic rings. The van der Waals surface area contributed by atoms with Crippen molar-refractivity contribution in [1.82, 2.24) is 9.88 Å². The predicted octanol–water partition coefficient (Wildman–Crippen LogP) is 7.53. The molecule has 2 heterocycles. The Morgan fingerprint density at radius 3 is 2.36 bits per heavy atom. The van der Waals surface area contributed by atoms with Gasteiger partial charge in [-0.1, -0.05) is 18.2 Å². The molecule has 42 heavy (non-hydrogen) atoms. The van der Waals surface area contributed by atoms with E-state index >= 15 is 0 Å². The van der Waals surface area contributed by atoms with Gasteiger partial charge in [0.2, 0.25) is 0 Å². The van der Waals surface area contributed by atoms with Gasteiger partial charge in [0.1, 0.15) is 11.9 Å². The zero-order chi connectivity index (χ0) is 30.2. The number of aryl methyl sites for hydroxylation is 1. The zero-order valence-electron chi connectivity index (χ0n) is 23.0. The van der Waals surface area contributed by atoms with Crippen LogP contribution in [0.2, 0.25) is 0 Å². The van der Waals surface area contributed by atoms with E-state index in [9.17, 15) is 27.9 Å². The SMILES string of the molecule is COc1ccc(-c2ccc(C(=O)O)cc2C)cc1-c1ccc(C(F)(F)F)cc1CN1C(=O)OC(c2ccncc2)C1C. The molecule has 1 amide bonds. The normalized spacial score (nSPS) is 16.8. The molecule has 0 radical (unpaired) electrons. The third kappa shape index (κ3) is 5.52. The molecule has 1 N–H and O–H groups in total. The van der Waals surface area contributed by atoms with Crippen LogP contribution in [0.4, 0.5) is 18.0 Å². The Morgan fingerprint density at radius 2 is 1.71 bits per heavy atom. The quantitative estimate of drug-likeness (QED) is 0.245. The summed E-state index contributed by atoms with van der Waals surface area (Å²) in [7, 11) is 1.47. The molecule has 1 aromatic heterocycles. The number of benzene rings is 3. The molecule has 0 aliphatic carbocycles. The summed E-state index contributed by atoms with van der Waals surface area (Å²) in [6.07, 6.45) is -2.68. The van der Waals surface area contributed by atoms with Gasteiger partial charge in [-0.05, 0) is 95.8 Å². The second kappa shape index (κ2) is 11.2. The van der Waals surface area contributed by atoms with Crippen molar-refractivity contribution < 1.29 is 37.3 Å². The number of methoxy groups -OCH3 is 1. The van der Waals surface area contributed by atoms with E-state index in [0.717, 1.165) is 34.4 Å². The molecular weight excluding hydrogens is 549 g/mol. The first-order chi connectivity index (χ1) is 20.0. The Balaban J connectivity index is 1.60. The predicted molar refractivity (Wildman–Crippen MR) is 149 cm³/mol. The number of carboxylic acid groups (broad SMARTS) is 1. The molecule has 3 aromatic carbocycles. The summed E-state index contributed by atoms with van der Waals surface area (Å²) < 4.78 is 52.7. The number of pyridine rings is 1. The Hall–Kier alpha value is -4.86. The molecule has 1 fully saturated rings. The zero-order valence-corrected chi connectivity index (χ0v) is 23.0. The Kier molecular flexibility index (Phi) is 7.64. The van der Waals surface area contributed by atoms with Gasteiger partial charge in [0.15, 0.2) is 0 Å². The largest absolute Gasteiger partial charge is 0.496 e. The number of ether oxygens (including phenoxy) is 2. The maximum absolute atomic E-state index is 13.8. The van der Waals surface area contributed by atoms with Gasteiger partial charge >= 0.3 is 18.2 Å². The number of hydrogen-bond acceptors (Lipinski definition) is 5. The lowest BCUT2D eigenvalue weighted by Gasteiger charge is -2.24. The minimum absolute atomic E-state index is 0.138. The van der Waals surface area contributed by atoms with Crippen molar-refractivity contribution in [3.05, 3.63) is 107 Å². The highest BCUT2D eigenvalue weighted by molar-refractivity contribution is 5.89. The maximum atomic E-state index is 13.8. The number of rotatable bonds is 7. The van der Waals surface area contributed by atoms with Gasteiger partial charge in [-0.15, -0.1) is 0 Å². The highest BCUT2D eigenvalue weighted by atomic mass is 19.4. The topological polar surface area (TPSA) is 89.0 Å². The first kappa shape index (κ1) is 28.7. The van der Waals surface area contributed by atoms with Gasteiger partial charge in [-0.2, -0.15) is 13.2 Å². The van der Waals surface area contributed by atoms with Crippen molar-refractivity contribution >= 4 is 12.1 Å². The smallest absolute Gasteiger partial charge is 0.416 e. The number of carboxylic acids is 1. The number of alkyl halides is 3. The molecule has 0 saturated carbocycles. The van der Waals surface area contributed by atoms with Gasteiger partial charge in [0, 0.05) is 18.0 Å². The summed E-state index contributed by atoms with van der Waals surface area (Å²) in [5.41, 5.74) is 3.46. The van der Waals surface area contributed by atoms with Gasteiger partial charge in [-0.3, -0.25) is 9.88 Å². The highest BCUT2D eigenvalue weighted by Crippen LogP contribution is 2.41. The van der Waals surface area contributed by atoms with Gasteiger partial charge < -0.3 is 14.6 Å². The van der Waals surface area contributed by atoms with E-state index in [1.807, 2.05) is 0 Å². The Labute approximate surface area is 240 Å². The summed E-state index contributed by atoms with van der Waals surface area (Å²) in [6.45, 7) is 3.43. The van der Waals surface area contributed by atoms with Crippen molar-refractivity contribution in [2.75, 3.05) is 7.11 Å². The van der Waals surface area contributed by atoms with Crippen LogP contribution in [0.15, 0.2) is 79.1 Å². The molecule has 5 rings (SSSR count). The first-order valence-corrected chi connectivity index (χ1v) is 13.1. The summed E-state index contributed by atoms with van der Waals surface area (Å²) in [5, 5.41) is 9.34. The summed E-state index contributed by atoms with van der Waals surface area (Å²) in [5.74, 6) is -0.624. The van der Waals surface area contributed by atoms with Crippen LogP contribution in [0.3, 0.4) is 0 Å². The van der Waals surface area contributed by atoms with Crippen LogP contribution < -0.4 is 4.74 Å². The summed E-state index contributed by atoms with van der Waals surface area (Å²) in [6, 6.07) is 16.5. The molecule has 7 nitrogen and oxygen atoms in total. The molecule has 1 saturated heterocycles. The van der Waals surface area contributed by atoms with Crippen LogP contribution in [0.5, 0.6) is 5.75 Å². The number of halogens is 3. The molecule has 1 aliphatic rings. The Morgan fingerprint density at radius 1 is 1.00 bits per heavy atom. The number of carbonyl (C=O) groups is 2. The third-order valence-corrected chi connectivity index (χ3v) is 7.47. The van der Waals surface area contributed by atoms with E-state index in [1.165, 1.54) is 24.1 Å². The van der Waals surface area contributed by atoms with Crippen LogP contribution in [0.25, 0.3) is 22.3 Å². The van der Waals surface area contributed by atoms with E-state index in [-0.39, 0.29) is 17.7 Å². The van der Waals surface area contributed by atoms with Crippen LogP contribution in [0, 0.1) is 6.92 Å². The average Bonchev–Trinajstić information content (AvgIpc) is 3.25. The molecule has 10 heteroatoms. The standard InChI is InChI=1S/C32H27F3N2O5/c1-18-14-22(30(38)39)4-7-25(18)21-5-9-28(41-3)27(16-21)26-8-6-24(32(33,34)35)15-23(26)17-37-19(2)29(42-31(37)40)20-10-12-36-13-11-20/h4-16,19,29H,17H2,1-3H3,(H,38,39). The average molecular weight is 577 g/mol. The van der Waals surface area contributed by atoms with Crippen molar-refractivity contribution in [1.29, 1.82) is 0 Å². The second-order valence-electron chi connectivity index (χ2n) is 10.1. The summed E-state index contributed by atoms with van der Waals surface area (Å²) in [4.78, 5) is 29.8. The lowest BCUT2D eigenvalue weighted by atomic mass is 9.91. The van der Waals surface area contributed by atoms with Gasteiger partial charge in [-0.25, -0.2) is 9.59 Å². The molecule has 216 valence electrons. The fourth-order valence-corrected chi connectivity index (χ4v) is 5.27. The van der Waals surface area contributed by atoms with Crippen LogP contribution in [-0.2, 0) is 17.5 Å². The maximum Gasteiger partial charge on any atom is 0.416 e. The van der Waals surface area contributed by atoms with Crippen molar-refractivity contribution in [3.8, 4) is 28.0 Å². The number of carbonyl (C=O) groups excluding carboxylic acids is 1. The van der Waals surface area contributed by atoms with E-state index < -0.39 is 35.9 Å². The molecule has 2 unspecified atom stereocenters. The molecular formula is C32H27F3N2O5. The molecule has 0 spiro atoms. The minimum atomic E-state index is -4.60. The lowest BCUT2D eigenvalue weighted by Crippen LogP contribution is -2.31. The Bertz CT molecular complexity index is 1660. The van der Waals surface area contributed by atoms with Gasteiger partial charge in [0.05, 0.1) is 30.8 Å². The lowest BCUT2D eigenvalue weighted by molar-refractivity contribution is -0.137. The number of aromatic nitrogens is 1. The van der Waals surface area contributed by atoms with Gasteiger partial charge in [0.25, 0.3) is 0 Å². The third-order valence-electron chi connectivity index (χ3n) is 7.47. The van der Waals surface area contributed by atoms with E-state index in [1.54, 1.807) is 68.7 Å². The summed E-state index contributed by atoms with van der Waals surface area (Å²) >= 11 is 0. The number of nitrogens with zero attached hydrogens (tertiary/aromatic N) is 2. The van der Waals surface area contributed by atoms with E-state index in [2.05, 4.69) is 4.98 Å². The van der Waals surface area contributed by atoms with Crippen molar-refractivity contribution in [3.63, 3.8) is 0 Å². The highest BCUT2D eigenvalue weighted by Gasteiger charge is 2.40. The molecule has 0 bridgehead atoms. The number of cyclic esters (lactones) is 1. The van der Waals surface area contributed by atoms with Crippen LogP contribution in [-0.4, -0.2) is 40.2 Å². The molecule has 2 atom stereocenters. The number of aromatic carboxylic acids is 1. The number of amides is 1. The van der Waals surface area contributed by atoms with Crippen molar-refractivity contribution in [2.24, 2.45) is 0 Å². The minimum Gasteiger partial charge on any atom is -0.496 e. The second-order valence-corrected chi connectivity index (χ2v) is 10.1. The number of hydrogen-bond donors (Lipinski definition) is 1. The fourth-order valence-electron chi connectivity index (χ4n) is 5.27. The van der Waals surface area contributed by atoms with Crippen molar-refractivity contribution in [2.45, 2.75) is 38.7 Å². The monoisotopic (exact) mass is 576 g/mol. The van der Waals surface area contributed by atoms with Crippen LogP contribution in [0.1, 0.15) is 45.6 Å². The van der Waals surface area contributed by atoms with Crippen LogP contribution >= 0.6 is 0 Å². The fraction of sp³-hybridized carbons (Fsp3) is 0.219.